The first kappa shape index (κ1) is 11.6. The van der Waals surface area contributed by atoms with E-state index in [2.05, 4.69) is 11.6 Å². The summed E-state index contributed by atoms with van der Waals surface area (Å²) in [6, 6.07) is 3.34. The predicted molar refractivity (Wildman–Crippen MR) is 72.0 cm³/mol. The fraction of sp³-hybridized carbons (Fsp3) is 0.231. The van der Waals surface area contributed by atoms with E-state index in [1.54, 1.807) is 12.1 Å². The Kier molecular flexibility index (Phi) is 2.45. The van der Waals surface area contributed by atoms with Crippen LogP contribution in [-0.2, 0) is 0 Å². The lowest BCUT2D eigenvalue weighted by Gasteiger charge is -2.25. The van der Waals surface area contributed by atoms with Gasteiger partial charge in [-0.05, 0) is 18.6 Å². The zero-order valence-corrected chi connectivity index (χ0v) is 10.3. The van der Waals surface area contributed by atoms with E-state index in [1.807, 2.05) is 10.6 Å². The minimum atomic E-state index is -0.511. The van der Waals surface area contributed by atoms with Crippen LogP contribution in [0.1, 0.15) is 22.8 Å². The van der Waals surface area contributed by atoms with E-state index in [1.165, 1.54) is 0 Å². The Bertz CT molecular complexity index is 689. The van der Waals surface area contributed by atoms with Crippen LogP contribution in [0.3, 0.4) is 0 Å². The van der Waals surface area contributed by atoms with Crippen molar-refractivity contribution in [2.24, 2.45) is 5.73 Å². The molecule has 2 aromatic rings. The van der Waals surface area contributed by atoms with Crippen LogP contribution >= 0.6 is 0 Å². The summed E-state index contributed by atoms with van der Waals surface area (Å²) >= 11 is 0. The number of nitrogen functional groups attached to an aromatic ring is 1. The highest BCUT2D eigenvalue weighted by atomic mass is 16.5. The quantitative estimate of drug-likeness (QED) is 0.809. The van der Waals surface area contributed by atoms with Crippen LogP contribution in [0, 0.1) is 0 Å². The van der Waals surface area contributed by atoms with Crippen molar-refractivity contribution in [3.63, 3.8) is 0 Å². The van der Waals surface area contributed by atoms with Crippen molar-refractivity contribution in [1.82, 2.24) is 9.55 Å². The lowest BCUT2D eigenvalue weighted by atomic mass is 10.1. The molecule has 6 heteroatoms. The van der Waals surface area contributed by atoms with Crippen molar-refractivity contribution >= 4 is 22.9 Å². The summed E-state index contributed by atoms with van der Waals surface area (Å²) in [6.07, 6.45) is 2.56. The van der Waals surface area contributed by atoms with Crippen molar-refractivity contribution in [3.8, 4) is 5.75 Å². The molecular weight excluding hydrogens is 244 g/mol. The molecule has 0 aliphatic carbocycles. The van der Waals surface area contributed by atoms with Gasteiger partial charge < -0.3 is 20.8 Å². The van der Waals surface area contributed by atoms with E-state index in [4.69, 9.17) is 16.2 Å². The third kappa shape index (κ3) is 1.64. The van der Waals surface area contributed by atoms with Crippen LogP contribution in [0.15, 0.2) is 24.8 Å². The molecule has 0 saturated heterocycles. The first-order valence-electron chi connectivity index (χ1n) is 5.96. The molecule has 1 aromatic heterocycles. The number of aromatic nitrogens is 2. The maximum absolute atomic E-state index is 11.3. The normalized spacial score (nSPS) is 17.2. The number of primary amides is 1. The van der Waals surface area contributed by atoms with Crippen molar-refractivity contribution in [3.05, 3.63) is 30.4 Å². The number of carbonyl (C=O) groups is 1. The maximum atomic E-state index is 11.3. The van der Waals surface area contributed by atoms with Crippen LogP contribution < -0.4 is 16.2 Å². The summed E-state index contributed by atoms with van der Waals surface area (Å²) in [7, 11) is 0. The number of ether oxygens (including phenoxy) is 1. The molecule has 1 aromatic carbocycles. The van der Waals surface area contributed by atoms with E-state index < -0.39 is 5.91 Å². The summed E-state index contributed by atoms with van der Waals surface area (Å²) in [5.41, 5.74) is 13.1. The van der Waals surface area contributed by atoms with Gasteiger partial charge in [0, 0.05) is 5.56 Å². The van der Waals surface area contributed by atoms with Crippen molar-refractivity contribution < 1.29 is 9.53 Å². The van der Waals surface area contributed by atoms with Crippen LogP contribution in [0.5, 0.6) is 5.75 Å². The molecule has 0 fully saturated rings. The van der Waals surface area contributed by atoms with Crippen LogP contribution in [0.2, 0.25) is 0 Å². The number of nitrogens with zero attached hydrogens (tertiary/aromatic N) is 2. The number of carbonyl (C=O) groups excluding carboxylic acids is 1. The van der Waals surface area contributed by atoms with Gasteiger partial charge >= 0.3 is 0 Å². The molecule has 2 heterocycles. The van der Waals surface area contributed by atoms with Gasteiger partial charge in [-0.2, -0.15) is 0 Å². The van der Waals surface area contributed by atoms with Crippen molar-refractivity contribution in [1.29, 1.82) is 0 Å². The number of imidazole rings is 1. The van der Waals surface area contributed by atoms with Crippen LogP contribution in [-0.4, -0.2) is 22.1 Å². The third-order valence-corrected chi connectivity index (χ3v) is 3.30. The Balaban J connectivity index is 2.27. The zero-order chi connectivity index (χ0) is 13.6. The second-order valence-electron chi connectivity index (χ2n) is 4.54. The number of amides is 1. The van der Waals surface area contributed by atoms with Gasteiger partial charge in [-0.25, -0.2) is 4.98 Å². The molecule has 1 aliphatic heterocycles. The van der Waals surface area contributed by atoms with Crippen molar-refractivity contribution in [2.75, 3.05) is 12.3 Å². The average molecular weight is 258 g/mol. The molecule has 0 spiro atoms. The van der Waals surface area contributed by atoms with Crippen molar-refractivity contribution in [2.45, 2.75) is 12.5 Å². The Morgan fingerprint density at radius 2 is 2.42 bits per heavy atom. The molecule has 3 rings (SSSR count). The number of hydrogen-bond acceptors (Lipinski definition) is 4. The van der Waals surface area contributed by atoms with E-state index >= 15 is 0 Å². The first-order chi connectivity index (χ1) is 9.11. The van der Waals surface area contributed by atoms with Crippen LogP contribution in [0.4, 0.5) is 5.95 Å². The average Bonchev–Trinajstić information content (AvgIpc) is 2.71. The molecular formula is C13H14N4O2. The van der Waals surface area contributed by atoms with Gasteiger partial charge in [0.05, 0.1) is 11.6 Å². The topological polar surface area (TPSA) is 96.2 Å². The largest absolute Gasteiger partial charge is 0.489 e. The SMILES string of the molecule is C=CC[C@H]1COc2cc(C(N)=O)cc3nc(N)n1c23. The number of rotatable bonds is 3. The molecule has 0 bridgehead atoms. The molecule has 0 unspecified atom stereocenters. The Hall–Kier alpha value is -2.50. The lowest BCUT2D eigenvalue weighted by molar-refractivity contribution is 0.1000. The van der Waals surface area contributed by atoms with Gasteiger partial charge in [0.15, 0.2) is 0 Å². The smallest absolute Gasteiger partial charge is 0.248 e. The van der Waals surface area contributed by atoms with Gasteiger partial charge in [0.2, 0.25) is 11.9 Å². The molecule has 0 radical (unpaired) electrons. The second kappa shape index (κ2) is 4.01. The maximum Gasteiger partial charge on any atom is 0.248 e. The van der Waals surface area contributed by atoms with Gasteiger partial charge in [0.25, 0.3) is 0 Å². The fourth-order valence-corrected chi connectivity index (χ4v) is 2.46. The summed E-state index contributed by atoms with van der Waals surface area (Å²) < 4.78 is 7.62. The standard InChI is InChI=1S/C13H14N4O2/c1-2-3-8-6-19-10-5-7(12(14)18)4-9-11(10)17(8)13(15)16-9/h2,4-5,8H,1,3,6H2,(H2,14,18)(H2,15,16)/t8-/m0/s1. The molecule has 6 nitrogen and oxygen atoms in total. The monoisotopic (exact) mass is 258 g/mol. The lowest BCUT2D eigenvalue weighted by Crippen LogP contribution is -2.23. The molecule has 1 amide bonds. The second-order valence-corrected chi connectivity index (χ2v) is 4.54. The Morgan fingerprint density at radius 1 is 1.63 bits per heavy atom. The predicted octanol–water partition coefficient (Wildman–Crippen LogP) is 1.23. The fourth-order valence-electron chi connectivity index (χ4n) is 2.46. The Labute approximate surface area is 109 Å². The molecule has 1 aliphatic rings. The highest BCUT2D eigenvalue weighted by molar-refractivity contribution is 5.99. The number of hydrogen-bond donors (Lipinski definition) is 2. The minimum absolute atomic E-state index is 0.0782. The highest BCUT2D eigenvalue weighted by Crippen LogP contribution is 2.37. The van der Waals surface area contributed by atoms with Crippen LogP contribution in [0.25, 0.3) is 11.0 Å². The number of allylic oxidation sites excluding steroid dienone is 1. The minimum Gasteiger partial charge on any atom is -0.489 e. The van der Waals surface area contributed by atoms with E-state index in [-0.39, 0.29) is 6.04 Å². The Morgan fingerprint density at radius 3 is 3.11 bits per heavy atom. The molecule has 0 saturated carbocycles. The van der Waals surface area contributed by atoms with E-state index in [0.717, 1.165) is 11.9 Å². The summed E-state index contributed by atoms with van der Waals surface area (Å²) in [4.78, 5) is 15.6. The van der Waals surface area contributed by atoms with Gasteiger partial charge in [-0.15, -0.1) is 6.58 Å². The van der Waals surface area contributed by atoms with Gasteiger partial charge in [-0.3, -0.25) is 4.79 Å². The molecule has 98 valence electrons. The third-order valence-electron chi connectivity index (χ3n) is 3.30. The van der Waals surface area contributed by atoms with E-state index in [9.17, 15) is 4.79 Å². The summed E-state index contributed by atoms with van der Waals surface area (Å²) in [5.74, 6) is 0.493. The highest BCUT2D eigenvalue weighted by Gasteiger charge is 2.26. The molecule has 19 heavy (non-hydrogen) atoms. The molecule has 4 N–H and O–H groups in total. The number of benzene rings is 1. The van der Waals surface area contributed by atoms with Gasteiger partial charge in [0.1, 0.15) is 17.9 Å². The zero-order valence-electron chi connectivity index (χ0n) is 10.3. The van der Waals surface area contributed by atoms with Gasteiger partial charge in [-0.1, -0.05) is 6.08 Å². The summed E-state index contributed by atoms with van der Waals surface area (Å²) in [5, 5.41) is 0. The van der Waals surface area contributed by atoms with E-state index in [0.29, 0.717) is 29.4 Å². The number of anilines is 1. The summed E-state index contributed by atoms with van der Waals surface area (Å²) in [6.45, 7) is 4.20. The molecule has 1 atom stereocenters. The first-order valence-corrected chi connectivity index (χ1v) is 5.96. The number of nitrogens with two attached hydrogens (primary N) is 2.